The molecule has 2 aliphatic rings. The van der Waals surface area contributed by atoms with Gasteiger partial charge in [0.05, 0.1) is 0 Å². The van der Waals surface area contributed by atoms with E-state index in [1.807, 2.05) is 0 Å². The third-order valence-electron chi connectivity index (χ3n) is 5.50. The topological polar surface area (TPSA) is 55.1 Å². The molecule has 6 heteroatoms. The highest BCUT2D eigenvalue weighted by molar-refractivity contribution is 5.85. The maximum Gasteiger partial charge on any atom is 0.223 e. The van der Waals surface area contributed by atoms with Gasteiger partial charge < -0.3 is 11.1 Å². The number of amides is 1. The molecule has 2 aliphatic carbocycles. The number of benzene rings is 1. The SMILES string of the molecule is Cl.NC1CCC(C(=O)NCC2(c3c(F)cccc3F)CCCC2)C1. The van der Waals surface area contributed by atoms with Gasteiger partial charge in [0.15, 0.2) is 0 Å². The third-order valence-corrected chi connectivity index (χ3v) is 5.50. The lowest BCUT2D eigenvalue weighted by Crippen LogP contribution is -2.42. The number of nitrogens with two attached hydrogens (primary N) is 1. The second kappa shape index (κ2) is 7.79. The van der Waals surface area contributed by atoms with Gasteiger partial charge in [0.25, 0.3) is 0 Å². The summed E-state index contributed by atoms with van der Waals surface area (Å²) in [5.74, 6) is -1.11. The first-order chi connectivity index (χ1) is 11.0. The van der Waals surface area contributed by atoms with Crippen LogP contribution >= 0.6 is 12.4 Å². The Morgan fingerprint density at radius 3 is 2.38 bits per heavy atom. The van der Waals surface area contributed by atoms with Crippen LogP contribution < -0.4 is 11.1 Å². The highest BCUT2D eigenvalue weighted by atomic mass is 35.5. The fourth-order valence-electron chi connectivity index (χ4n) is 4.23. The molecule has 2 saturated carbocycles. The number of halogens is 3. The van der Waals surface area contributed by atoms with Crippen molar-refractivity contribution in [1.29, 1.82) is 0 Å². The zero-order valence-electron chi connectivity index (χ0n) is 13.7. The molecular formula is C18H25ClF2N2O. The van der Waals surface area contributed by atoms with E-state index in [-0.39, 0.29) is 35.8 Å². The number of hydrogen-bond acceptors (Lipinski definition) is 2. The van der Waals surface area contributed by atoms with E-state index >= 15 is 0 Å². The zero-order valence-corrected chi connectivity index (χ0v) is 14.5. The van der Waals surface area contributed by atoms with Crippen molar-refractivity contribution in [1.82, 2.24) is 5.32 Å². The van der Waals surface area contributed by atoms with Crippen molar-refractivity contribution < 1.29 is 13.6 Å². The Kier molecular flexibility index (Phi) is 6.21. The average Bonchev–Trinajstić information content (AvgIpc) is 3.15. The van der Waals surface area contributed by atoms with Crippen molar-refractivity contribution in [3.8, 4) is 0 Å². The minimum atomic E-state index is -0.619. The summed E-state index contributed by atoms with van der Waals surface area (Å²) in [4.78, 5) is 12.3. The maximum absolute atomic E-state index is 14.3. The summed E-state index contributed by atoms with van der Waals surface area (Å²) in [5, 5.41) is 2.95. The molecule has 2 unspecified atom stereocenters. The quantitative estimate of drug-likeness (QED) is 0.866. The van der Waals surface area contributed by atoms with E-state index in [1.54, 1.807) is 0 Å². The van der Waals surface area contributed by atoms with Crippen LogP contribution in [0.4, 0.5) is 8.78 Å². The molecule has 0 saturated heterocycles. The Balaban J connectivity index is 0.00000208. The molecule has 0 aliphatic heterocycles. The van der Waals surface area contributed by atoms with Gasteiger partial charge in [0, 0.05) is 29.5 Å². The van der Waals surface area contributed by atoms with E-state index < -0.39 is 17.0 Å². The van der Waals surface area contributed by atoms with Crippen LogP contribution in [0.25, 0.3) is 0 Å². The highest BCUT2D eigenvalue weighted by Gasteiger charge is 2.40. The molecule has 0 bridgehead atoms. The van der Waals surface area contributed by atoms with Gasteiger partial charge in [-0.05, 0) is 44.2 Å². The van der Waals surface area contributed by atoms with Crippen LogP contribution in [0.5, 0.6) is 0 Å². The number of carbonyl (C=O) groups excluding carboxylic acids is 1. The molecule has 3 rings (SSSR count). The standard InChI is InChI=1S/C18H24F2N2O.ClH/c19-14-4-3-5-15(20)16(14)18(8-1-2-9-18)11-22-17(23)12-6-7-13(21)10-12;/h3-5,12-13H,1-2,6-11,21H2,(H,22,23);1H. The van der Waals surface area contributed by atoms with Crippen LogP contribution in [-0.4, -0.2) is 18.5 Å². The van der Waals surface area contributed by atoms with Gasteiger partial charge in [-0.1, -0.05) is 18.9 Å². The number of hydrogen-bond donors (Lipinski definition) is 2. The van der Waals surface area contributed by atoms with E-state index in [0.29, 0.717) is 25.8 Å². The second-order valence-electron chi connectivity index (χ2n) is 7.07. The van der Waals surface area contributed by atoms with Crippen LogP contribution in [0.2, 0.25) is 0 Å². The maximum atomic E-state index is 14.3. The van der Waals surface area contributed by atoms with Crippen molar-refractivity contribution in [2.45, 2.75) is 56.4 Å². The van der Waals surface area contributed by atoms with Gasteiger partial charge in [-0.15, -0.1) is 12.4 Å². The third kappa shape index (κ3) is 3.72. The molecule has 0 aromatic heterocycles. The molecule has 0 radical (unpaired) electrons. The summed E-state index contributed by atoms with van der Waals surface area (Å²) in [6.07, 6.45) is 5.63. The van der Waals surface area contributed by atoms with Gasteiger partial charge in [-0.2, -0.15) is 0 Å². The van der Waals surface area contributed by atoms with E-state index in [2.05, 4.69) is 5.32 Å². The van der Waals surface area contributed by atoms with Crippen molar-refractivity contribution in [3.05, 3.63) is 35.4 Å². The largest absolute Gasteiger partial charge is 0.355 e. The van der Waals surface area contributed by atoms with Crippen LogP contribution in [0, 0.1) is 17.6 Å². The lowest BCUT2D eigenvalue weighted by atomic mass is 9.78. The van der Waals surface area contributed by atoms with Gasteiger partial charge in [0.1, 0.15) is 11.6 Å². The van der Waals surface area contributed by atoms with Crippen molar-refractivity contribution >= 4 is 18.3 Å². The predicted octanol–water partition coefficient (Wildman–Crippen LogP) is 3.44. The number of nitrogens with one attached hydrogen (secondary N) is 1. The summed E-state index contributed by atoms with van der Waals surface area (Å²) in [7, 11) is 0. The first-order valence-electron chi connectivity index (χ1n) is 8.50. The molecule has 1 aromatic carbocycles. The second-order valence-corrected chi connectivity index (χ2v) is 7.07. The normalized spacial score (nSPS) is 25.3. The first-order valence-corrected chi connectivity index (χ1v) is 8.50. The smallest absolute Gasteiger partial charge is 0.223 e. The van der Waals surface area contributed by atoms with Crippen LogP contribution in [0.3, 0.4) is 0 Å². The van der Waals surface area contributed by atoms with Crippen molar-refractivity contribution in [2.75, 3.05) is 6.54 Å². The van der Waals surface area contributed by atoms with E-state index in [9.17, 15) is 13.6 Å². The molecule has 0 heterocycles. The highest BCUT2D eigenvalue weighted by Crippen LogP contribution is 2.43. The summed E-state index contributed by atoms with van der Waals surface area (Å²) >= 11 is 0. The Morgan fingerprint density at radius 1 is 1.21 bits per heavy atom. The molecule has 1 amide bonds. The Hall–Kier alpha value is -1.20. The van der Waals surface area contributed by atoms with E-state index in [1.165, 1.54) is 18.2 Å². The zero-order chi connectivity index (χ0) is 16.4. The molecule has 0 spiro atoms. The minimum Gasteiger partial charge on any atom is -0.355 e. The molecule has 1 aromatic rings. The van der Waals surface area contributed by atoms with Gasteiger partial charge >= 0.3 is 0 Å². The fourth-order valence-corrected chi connectivity index (χ4v) is 4.23. The number of carbonyl (C=O) groups is 1. The summed E-state index contributed by atoms with van der Waals surface area (Å²) in [5.41, 5.74) is 5.38. The molecule has 3 N–H and O–H groups in total. The first kappa shape index (κ1) is 19.1. The van der Waals surface area contributed by atoms with Crippen molar-refractivity contribution in [2.24, 2.45) is 11.7 Å². The molecular weight excluding hydrogens is 334 g/mol. The number of rotatable bonds is 4. The monoisotopic (exact) mass is 358 g/mol. The van der Waals surface area contributed by atoms with Crippen molar-refractivity contribution in [3.63, 3.8) is 0 Å². The fraction of sp³-hybridized carbons (Fsp3) is 0.611. The predicted molar refractivity (Wildman–Crippen MR) is 92.1 cm³/mol. The summed E-state index contributed by atoms with van der Waals surface area (Å²) in [6.45, 7) is 0.301. The van der Waals surface area contributed by atoms with Gasteiger partial charge in [-0.25, -0.2) is 8.78 Å². The molecule has 2 fully saturated rings. The molecule has 3 nitrogen and oxygen atoms in total. The Bertz CT molecular complexity index is 570. The van der Waals surface area contributed by atoms with E-state index in [0.717, 1.165) is 25.7 Å². The molecule has 24 heavy (non-hydrogen) atoms. The Morgan fingerprint density at radius 2 is 1.83 bits per heavy atom. The van der Waals surface area contributed by atoms with Gasteiger partial charge in [-0.3, -0.25) is 4.79 Å². The minimum absolute atomic E-state index is 0. The lowest BCUT2D eigenvalue weighted by molar-refractivity contribution is -0.125. The lowest BCUT2D eigenvalue weighted by Gasteiger charge is -2.31. The van der Waals surface area contributed by atoms with Crippen LogP contribution in [-0.2, 0) is 10.2 Å². The van der Waals surface area contributed by atoms with Crippen LogP contribution in [0.1, 0.15) is 50.5 Å². The van der Waals surface area contributed by atoms with Gasteiger partial charge in [0.2, 0.25) is 5.91 Å². The average molecular weight is 359 g/mol. The molecule has 2 atom stereocenters. The Labute approximate surface area is 147 Å². The molecule has 134 valence electrons. The summed E-state index contributed by atoms with van der Waals surface area (Å²) in [6, 6.07) is 4.08. The van der Waals surface area contributed by atoms with Crippen LogP contribution in [0.15, 0.2) is 18.2 Å². The van der Waals surface area contributed by atoms with E-state index in [4.69, 9.17) is 5.73 Å². The summed E-state index contributed by atoms with van der Waals surface area (Å²) < 4.78 is 28.5.